The summed E-state index contributed by atoms with van der Waals surface area (Å²) in [5.74, 6) is 0.540. The summed E-state index contributed by atoms with van der Waals surface area (Å²) in [6.45, 7) is 2.60. The first-order valence-electron chi connectivity index (χ1n) is 5.99. The quantitative estimate of drug-likeness (QED) is 0.754. The SMILES string of the molecule is CCNc1cc(S(=O)(=O)Nc2ccc(I)cc2)ccn1. The fourth-order valence-corrected chi connectivity index (χ4v) is 3.02. The van der Waals surface area contributed by atoms with Gasteiger partial charge in [0.2, 0.25) is 0 Å². The highest BCUT2D eigenvalue weighted by Gasteiger charge is 2.14. The first-order valence-corrected chi connectivity index (χ1v) is 8.56. The summed E-state index contributed by atoms with van der Waals surface area (Å²) in [7, 11) is -3.60. The van der Waals surface area contributed by atoms with Crippen molar-refractivity contribution < 1.29 is 8.42 Å². The molecule has 2 N–H and O–H groups in total. The van der Waals surface area contributed by atoms with Crippen molar-refractivity contribution in [1.82, 2.24) is 4.98 Å². The van der Waals surface area contributed by atoms with Gasteiger partial charge in [-0.3, -0.25) is 4.72 Å². The maximum Gasteiger partial charge on any atom is 0.262 e. The van der Waals surface area contributed by atoms with E-state index in [0.717, 1.165) is 3.57 Å². The summed E-state index contributed by atoms with van der Waals surface area (Å²) in [6, 6.07) is 10.1. The Labute approximate surface area is 132 Å². The highest BCUT2D eigenvalue weighted by atomic mass is 127. The number of nitrogens with zero attached hydrogens (tertiary/aromatic N) is 1. The van der Waals surface area contributed by atoms with Gasteiger partial charge in [-0.05, 0) is 59.8 Å². The minimum Gasteiger partial charge on any atom is -0.370 e. The lowest BCUT2D eigenvalue weighted by Crippen LogP contribution is -2.13. The van der Waals surface area contributed by atoms with Crippen LogP contribution in [-0.2, 0) is 10.0 Å². The molecule has 0 saturated heterocycles. The van der Waals surface area contributed by atoms with E-state index in [9.17, 15) is 8.42 Å². The van der Waals surface area contributed by atoms with E-state index in [0.29, 0.717) is 18.1 Å². The lowest BCUT2D eigenvalue weighted by molar-refractivity contribution is 0.601. The van der Waals surface area contributed by atoms with E-state index in [1.54, 1.807) is 12.1 Å². The number of hydrogen-bond acceptors (Lipinski definition) is 4. The first-order chi connectivity index (χ1) is 9.51. The molecule has 0 bridgehead atoms. The van der Waals surface area contributed by atoms with E-state index in [1.165, 1.54) is 18.3 Å². The van der Waals surface area contributed by atoms with E-state index in [1.807, 2.05) is 19.1 Å². The Kier molecular flexibility index (Phi) is 4.81. The molecule has 0 radical (unpaired) electrons. The lowest BCUT2D eigenvalue weighted by atomic mass is 10.3. The molecule has 0 fully saturated rings. The second-order valence-corrected chi connectivity index (χ2v) is 6.95. The third-order valence-corrected chi connectivity index (χ3v) is 4.59. The summed E-state index contributed by atoms with van der Waals surface area (Å²) in [6.07, 6.45) is 1.47. The third kappa shape index (κ3) is 3.83. The normalized spacial score (nSPS) is 11.1. The number of hydrogen-bond donors (Lipinski definition) is 2. The van der Waals surface area contributed by atoms with Gasteiger partial charge in [0.25, 0.3) is 10.0 Å². The Morgan fingerprint density at radius 3 is 2.55 bits per heavy atom. The second kappa shape index (κ2) is 6.40. The average molecular weight is 403 g/mol. The van der Waals surface area contributed by atoms with Gasteiger partial charge in [0.05, 0.1) is 4.90 Å². The van der Waals surface area contributed by atoms with Gasteiger partial charge in [0, 0.05) is 28.1 Å². The van der Waals surface area contributed by atoms with Gasteiger partial charge in [0.1, 0.15) is 5.82 Å². The second-order valence-electron chi connectivity index (χ2n) is 4.02. The van der Waals surface area contributed by atoms with Gasteiger partial charge in [-0.2, -0.15) is 0 Å². The van der Waals surface area contributed by atoms with Crippen LogP contribution < -0.4 is 10.0 Å². The van der Waals surface area contributed by atoms with Crippen LogP contribution in [0, 0.1) is 3.57 Å². The minimum atomic E-state index is -3.60. The van der Waals surface area contributed by atoms with E-state index in [2.05, 4.69) is 37.6 Å². The van der Waals surface area contributed by atoms with Crippen LogP contribution in [0.4, 0.5) is 11.5 Å². The molecule has 106 valence electrons. The smallest absolute Gasteiger partial charge is 0.262 e. The van der Waals surface area contributed by atoms with Crippen molar-refractivity contribution in [2.24, 2.45) is 0 Å². The average Bonchev–Trinajstić information content (AvgIpc) is 2.42. The fraction of sp³-hybridized carbons (Fsp3) is 0.154. The number of halogens is 1. The molecule has 0 aliphatic rings. The third-order valence-electron chi connectivity index (χ3n) is 2.50. The number of aromatic nitrogens is 1. The van der Waals surface area contributed by atoms with Crippen molar-refractivity contribution in [3.63, 3.8) is 0 Å². The molecule has 0 aliphatic heterocycles. The van der Waals surface area contributed by atoms with Gasteiger partial charge in [0.15, 0.2) is 0 Å². The number of nitrogens with one attached hydrogen (secondary N) is 2. The number of pyridine rings is 1. The standard InChI is InChI=1S/C13H14IN3O2S/c1-2-15-13-9-12(7-8-16-13)20(18,19)17-11-5-3-10(14)4-6-11/h3-9,17H,2H2,1H3,(H,15,16). The Morgan fingerprint density at radius 1 is 1.20 bits per heavy atom. The predicted octanol–water partition coefficient (Wildman–Crippen LogP) is 2.92. The van der Waals surface area contributed by atoms with Crippen LogP contribution in [0.3, 0.4) is 0 Å². The van der Waals surface area contributed by atoms with Gasteiger partial charge >= 0.3 is 0 Å². The van der Waals surface area contributed by atoms with Crippen molar-refractivity contribution in [2.45, 2.75) is 11.8 Å². The van der Waals surface area contributed by atoms with Crippen LogP contribution in [-0.4, -0.2) is 19.9 Å². The van der Waals surface area contributed by atoms with Crippen molar-refractivity contribution >= 4 is 44.1 Å². The number of benzene rings is 1. The molecule has 0 spiro atoms. The molecule has 7 heteroatoms. The molecule has 2 rings (SSSR count). The van der Waals surface area contributed by atoms with Gasteiger partial charge in [-0.25, -0.2) is 13.4 Å². The molecule has 20 heavy (non-hydrogen) atoms. The molecular weight excluding hydrogens is 389 g/mol. The summed E-state index contributed by atoms with van der Waals surface area (Å²) in [5.41, 5.74) is 0.534. The van der Waals surface area contributed by atoms with Crippen molar-refractivity contribution in [3.05, 3.63) is 46.2 Å². The molecule has 0 aliphatic carbocycles. The van der Waals surface area contributed by atoms with E-state index < -0.39 is 10.0 Å². The Morgan fingerprint density at radius 2 is 1.90 bits per heavy atom. The maximum absolute atomic E-state index is 12.3. The Balaban J connectivity index is 2.25. The fourth-order valence-electron chi connectivity index (χ4n) is 1.59. The van der Waals surface area contributed by atoms with Crippen LogP contribution in [0.5, 0.6) is 0 Å². The van der Waals surface area contributed by atoms with Crippen LogP contribution >= 0.6 is 22.6 Å². The molecule has 0 atom stereocenters. The highest BCUT2D eigenvalue weighted by Crippen LogP contribution is 2.18. The van der Waals surface area contributed by atoms with Gasteiger partial charge < -0.3 is 5.32 Å². The summed E-state index contributed by atoms with van der Waals surface area (Å²) < 4.78 is 28.1. The summed E-state index contributed by atoms with van der Waals surface area (Å²) >= 11 is 2.17. The van der Waals surface area contributed by atoms with Crippen molar-refractivity contribution in [2.75, 3.05) is 16.6 Å². The number of rotatable bonds is 5. The molecule has 2 aromatic rings. The molecule has 0 amide bonds. The number of sulfonamides is 1. The molecule has 5 nitrogen and oxygen atoms in total. The molecule has 0 unspecified atom stereocenters. The van der Waals surface area contributed by atoms with Crippen molar-refractivity contribution in [3.8, 4) is 0 Å². The monoisotopic (exact) mass is 403 g/mol. The first kappa shape index (κ1) is 15.0. The Bertz CT molecular complexity index is 687. The zero-order chi connectivity index (χ0) is 14.6. The summed E-state index contributed by atoms with van der Waals surface area (Å²) in [4.78, 5) is 4.24. The van der Waals surface area contributed by atoms with Gasteiger partial charge in [-0.15, -0.1) is 0 Å². The molecular formula is C13H14IN3O2S. The molecule has 0 saturated carbocycles. The van der Waals surface area contributed by atoms with E-state index in [4.69, 9.17) is 0 Å². The van der Waals surface area contributed by atoms with Gasteiger partial charge in [-0.1, -0.05) is 0 Å². The maximum atomic E-state index is 12.3. The molecule has 1 heterocycles. The van der Waals surface area contributed by atoms with Crippen LogP contribution in [0.2, 0.25) is 0 Å². The largest absolute Gasteiger partial charge is 0.370 e. The lowest BCUT2D eigenvalue weighted by Gasteiger charge is -2.09. The summed E-state index contributed by atoms with van der Waals surface area (Å²) in [5, 5.41) is 2.99. The van der Waals surface area contributed by atoms with Crippen LogP contribution in [0.15, 0.2) is 47.5 Å². The minimum absolute atomic E-state index is 0.182. The zero-order valence-corrected chi connectivity index (χ0v) is 13.8. The van der Waals surface area contributed by atoms with Crippen LogP contribution in [0.1, 0.15) is 6.92 Å². The van der Waals surface area contributed by atoms with Crippen molar-refractivity contribution in [1.29, 1.82) is 0 Å². The topological polar surface area (TPSA) is 71.1 Å². The predicted molar refractivity (Wildman–Crippen MR) is 88.4 cm³/mol. The molecule has 1 aromatic heterocycles. The van der Waals surface area contributed by atoms with Crippen LogP contribution in [0.25, 0.3) is 0 Å². The number of anilines is 2. The zero-order valence-electron chi connectivity index (χ0n) is 10.8. The highest BCUT2D eigenvalue weighted by molar-refractivity contribution is 14.1. The molecule has 1 aromatic carbocycles. The van der Waals surface area contributed by atoms with E-state index >= 15 is 0 Å². The van der Waals surface area contributed by atoms with E-state index in [-0.39, 0.29) is 4.90 Å². The Hall–Kier alpha value is -1.35.